The van der Waals surface area contributed by atoms with Gasteiger partial charge in [0.1, 0.15) is 12.4 Å². The van der Waals surface area contributed by atoms with E-state index in [1.165, 1.54) is 0 Å². The van der Waals surface area contributed by atoms with E-state index >= 15 is 0 Å². The first-order chi connectivity index (χ1) is 11.1. The second kappa shape index (κ2) is 6.64. The summed E-state index contributed by atoms with van der Waals surface area (Å²) < 4.78 is 0. The monoisotopic (exact) mass is 317 g/mol. The molecule has 1 atom stereocenters. The van der Waals surface area contributed by atoms with Crippen LogP contribution in [0.25, 0.3) is 0 Å². The maximum atomic E-state index is 12.1. The van der Waals surface area contributed by atoms with Crippen LogP contribution in [0.1, 0.15) is 12.8 Å². The third-order valence-corrected chi connectivity index (χ3v) is 4.00. The van der Waals surface area contributed by atoms with Crippen molar-refractivity contribution in [3.8, 4) is 0 Å². The fourth-order valence-corrected chi connectivity index (χ4v) is 2.88. The zero-order chi connectivity index (χ0) is 16.2. The Morgan fingerprint density at radius 2 is 2.26 bits per heavy atom. The third-order valence-electron chi connectivity index (χ3n) is 4.00. The summed E-state index contributed by atoms with van der Waals surface area (Å²) in [6, 6.07) is 5.22. The first-order valence-corrected chi connectivity index (χ1v) is 7.67. The van der Waals surface area contributed by atoms with Crippen molar-refractivity contribution in [1.29, 1.82) is 0 Å². The van der Waals surface area contributed by atoms with Gasteiger partial charge in [0.25, 0.3) is 5.91 Å². The molecule has 1 aromatic heterocycles. The van der Waals surface area contributed by atoms with Crippen molar-refractivity contribution < 1.29 is 14.4 Å². The number of carbonyl (C=O) groups excluding carboxylic acids is 3. The number of piperidine rings is 1. The van der Waals surface area contributed by atoms with Crippen molar-refractivity contribution in [2.45, 2.75) is 18.9 Å². The second-order valence-electron chi connectivity index (χ2n) is 5.68. The number of hydrogen-bond acceptors (Lipinski definition) is 5. The van der Waals surface area contributed by atoms with E-state index in [2.05, 4.69) is 20.5 Å². The summed E-state index contributed by atoms with van der Waals surface area (Å²) in [6.45, 7) is 1.30. The predicted octanol–water partition coefficient (Wildman–Crippen LogP) is -0.282. The molecule has 0 radical (unpaired) electrons. The number of rotatable bonds is 4. The molecule has 8 nitrogen and oxygen atoms in total. The molecule has 4 amide bonds. The van der Waals surface area contributed by atoms with E-state index in [9.17, 15) is 14.4 Å². The van der Waals surface area contributed by atoms with Crippen LogP contribution < -0.4 is 15.5 Å². The summed E-state index contributed by atoms with van der Waals surface area (Å²) in [5.74, 6) is 0.202. The molecule has 2 N–H and O–H groups in total. The molecule has 0 saturated carbocycles. The zero-order valence-electron chi connectivity index (χ0n) is 12.7. The minimum atomic E-state index is -0.510. The SMILES string of the molecule is O=C(CN1C(=O)CNC1=O)NC1CCCN(c2ccccn2)C1. The van der Waals surface area contributed by atoms with Crippen molar-refractivity contribution in [2.24, 2.45) is 0 Å². The van der Waals surface area contributed by atoms with E-state index in [4.69, 9.17) is 0 Å². The van der Waals surface area contributed by atoms with Crippen molar-refractivity contribution in [3.05, 3.63) is 24.4 Å². The van der Waals surface area contributed by atoms with Gasteiger partial charge in [0, 0.05) is 25.3 Å². The molecule has 122 valence electrons. The van der Waals surface area contributed by atoms with Crippen LogP contribution in [0.2, 0.25) is 0 Å². The second-order valence-corrected chi connectivity index (χ2v) is 5.68. The van der Waals surface area contributed by atoms with Crippen LogP contribution in [0, 0.1) is 0 Å². The summed E-state index contributed by atoms with van der Waals surface area (Å²) in [5.41, 5.74) is 0. The van der Waals surface area contributed by atoms with E-state index in [0.717, 1.165) is 30.1 Å². The molecule has 23 heavy (non-hydrogen) atoms. The first-order valence-electron chi connectivity index (χ1n) is 7.67. The Labute approximate surface area is 133 Å². The minimum absolute atomic E-state index is 0.0148. The van der Waals surface area contributed by atoms with Crippen molar-refractivity contribution >= 4 is 23.7 Å². The maximum absolute atomic E-state index is 12.1. The molecular weight excluding hydrogens is 298 g/mol. The van der Waals surface area contributed by atoms with Gasteiger partial charge in [-0.3, -0.25) is 14.5 Å². The molecule has 1 aromatic rings. The van der Waals surface area contributed by atoms with E-state index in [0.29, 0.717) is 6.54 Å². The van der Waals surface area contributed by atoms with E-state index < -0.39 is 6.03 Å². The lowest BCUT2D eigenvalue weighted by molar-refractivity contribution is -0.130. The van der Waals surface area contributed by atoms with Gasteiger partial charge in [-0.25, -0.2) is 9.78 Å². The highest BCUT2D eigenvalue weighted by Crippen LogP contribution is 2.17. The Morgan fingerprint density at radius 1 is 1.39 bits per heavy atom. The van der Waals surface area contributed by atoms with Crippen LogP contribution in [-0.2, 0) is 9.59 Å². The predicted molar refractivity (Wildman–Crippen MR) is 82.7 cm³/mol. The summed E-state index contributed by atoms with van der Waals surface area (Å²) >= 11 is 0. The van der Waals surface area contributed by atoms with E-state index in [1.807, 2.05) is 18.2 Å². The molecule has 3 heterocycles. The lowest BCUT2D eigenvalue weighted by Gasteiger charge is -2.34. The quantitative estimate of drug-likeness (QED) is 0.745. The number of urea groups is 1. The molecule has 3 rings (SSSR count). The Kier molecular flexibility index (Phi) is 4.40. The van der Waals surface area contributed by atoms with Crippen LogP contribution in [0.4, 0.5) is 10.6 Å². The number of imide groups is 1. The highest BCUT2D eigenvalue weighted by molar-refractivity contribution is 6.04. The molecule has 0 bridgehead atoms. The van der Waals surface area contributed by atoms with E-state index in [1.54, 1.807) is 6.20 Å². The fourth-order valence-electron chi connectivity index (χ4n) is 2.88. The van der Waals surface area contributed by atoms with Gasteiger partial charge in [-0.15, -0.1) is 0 Å². The van der Waals surface area contributed by atoms with Crippen molar-refractivity contribution in [3.63, 3.8) is 0 Å². The molecule has 8 heteroatoms. The van der Waals surface area contributed by atoms with Crippen LogP contribution in [0.15, 0.2) is 24.4 Å². The average molecular weight is 317 g/mol. The molecular formula is C15H19N5O3. The summed E-state index contributed by atoms with van der Waals surface area (Å²) in [4.78, 5) is 42.4. The van der Waals surface area contributed by atoms with Gasteiger partial charge in [0.2, 0.25) is 5.91 Å². The third kappa shape index (κ3) is 3.58. The lowest BCUT2D eigenvalue weighted by Crippen LogP contribution is -2.51. The number of pyridine rings is 1. The molecule has 1 unspecified atom stereocenters. The number of anilines is 1. The van der Waals surface area contributed by atoms with Crippen LogP contribution in [0.5, 0.6) is 0 Å². The number of nitrogens with zero attached hydrogens (tertiary/aromatic N) is 3. The van der Waals surface area contributed by atoms with Gasteiger partial charge in [0.15, 0.2) is 0 Å². The van der Waals surface area contributed by atoms with Crippen LogP contribution in [-0.4, -0.2) is 60.0 Å². The Morgan fingerprint density at radius 3 is 2.96 bits per heavy atom. The summed E-state index contributed by atoms with van der Waals surface area (Å²) in [7, 11) is 0. The zero-order valence-corrected chi connectivity index (χ0v) is 12.7. The molecule has 2 fully saturated rings. The van der Waals surface area contributed by atoms with Gasteiger partial charge >= 0.3 is 6.03 Å². The number of aromatic nitrogens is 1. The summed E-state index contributed by atoms with van der Waals surface area (Å²) in [6.07, 6.45) is 3.56. The first kappa shape index (κ1) is 15.3. The number of nitrogens with one attached hydrogen (secondary N) is 2. The van der Waals surface area contributed by atoms with Gasteiger partial charge in [0.05, 0.1) is 6.54 Å². The molecule has 2 aliphatic heterocycles. The van der Waals surface area contributed by atoms with E-state index in [-0.39, 0.29) is 30.9 Å². The molecule has 0 aliphatic carbocycles. The molecule has 0 spiro atoms. The fraction of sp³-hybridized carbons (Fsp3) is 0.467. The van der Waals surface area contributed by atoms with Crippen LogP contribution >= 0.6 is 0 Å². The smallest absolute Gasteiger partial charge is 0.325 e. The normalized spacial score (nSPS) is 21.3. The van der Waals surface area contributed by atoms with Crippen LogP contribution in [0.3, 0.4) is 0 Å². The number of amides is 4. The van der Waals surface area contributed by atoms with Gasteiger partial charge in [-0.05, 0) is 25.0 Å². The Bertz CT molecular complexity index is 590. The summed E-state index contributed by atoms with van der Waals surface area (Å²) in [5, 5.41) is 5.30. The average Bonchev–Trinajstić information content (AvgIpc) is 2.88. The molecule has 2 saturated heterocycles. The minimum Gasteiger partial charge on any atom is -0.355 e. The Balaban J connectivity index is 1.54. The van der Waals surface area contributed by atoms with Crippen molar-refractivity contribution in [2.75, 3.05) is 31.1 Å². The maximum Gasteiger partial charge on any atom is 0.325 e. The largest absolute Gasteiger partial charge is 0.355 e. The highest BCUT2D eigenvalue weighted by atomic mass is 16.2. The highest BCUT2D eigenvalue weighted by Gasteiger charge is 2.31. The topological polar surface area (TPSA) is 94.6 Å². The number of carbonyl (C=O) groups is 3. The van der Waals surface area contributed by atoms with Gasteiger partial charge in [-0.2, -0.15) is 0 Å². The lowest BCUT2D eigenvalue weighted by atomic mass is 10.1. The standard InChI is InChI=1S/C15H19N5O3/c21-13(10-20-14(22)8-17-15(20)23)18-11-4-3-7-19(9-11)12-5-1-2-6-16-12/h1-2,5-6,11H,3-4,7-10H2,(H,17,23)(H,18,21). The molecule has 2 aliphatic rings. The number of hydrogen-bond donors (Lipinski definition) is 2. The Hall–Kier alpha value is -2.64. The van der Waals surface area contributed by atoms with Gasteiger partial charge < -0.3 is 15.5 Å². The molecule has 0 aromatic carbocycles. The van der Waals surface area contributed by atoms with Gasteiger partial charge in [-0.1, -0.05) is 6.07 Å². The van der Waals surface area contributed by atoms with Crippen molar-refractivity contribution in [1.82, 2.24) is 20.5 Å².